The first-order valence-electron chi connectivity index (χ1n) is 11.7. The summed E-state index contributed by atoms with van der Waals surface area (Å²) >= 11 is 0. The van der Waals surface area contributed by atoms with E-state index in [1.54, 1.807) is 36.5 Å². The Balaban J connectivity index is 2.35. The van der Waals surface area contributed by atoms with Crippen LogP contribution in [0, 0.1) is 17.3 Å². The summed E-state index contributed by atoms with van der Waals surface area (Å²) in [6.45, 7) is 19.6. The Morgan fingerprint density at radius 3 is 1.46 bits per heavy atom. The molecule has 2 aliphatic rings. The van der Waals surface area contributed by atoms with Crippen LogP contribution in [0.15, 0.2) is 98.0 Å². The molecule has 0 heterocycles. The minimum absolute atomic E-state index is 0.0846. The van der Waals surface area contributed by atoms with Crippen LogP contribution >= 0.6 is 0 Å². The van der Waals surface area contributed by atoms with Gasteiger partial charge in [-0.25, -0.2) is 0 Å². The molecule has 0 saturated heterocycles. The number of rotatable bonds is 16. The first kappa shape index (κ1) is 27.7. The second-order valence-corrected chi connectivity index (χ2v) is 8.58. The van der Waals surface area contributed by atoms with E-state index in [9.17, 15) is 9.59 Å². The third kappa shape index (κ3) is 6.75. The zero-order chi connectivity index (χ0) is 25.8. The lowest BCUT2D eigenvalue weighted by Gasteiger charge is -2.36. The summed E-state index contributed by atoms with van der Waals surface area (Å²) in [5, 5.41) is 0. The van der Waals surface area contributed by atoms with Crippen LogP contribution in [0.5, 0.6) is 0 Å². The SMILES string of the molecule is C=CCC1C(=O)C(C(C)(C)C2=CC=C(OCCOC=C)C(CC=C)C2=O)=CC=C1OCCOC=C. The highest BCUT2D eigenvalue weighted by atomic mass is 16.5. The van der Waals surface area contributed by atoms with Gasteiger partial charge in [0.15, 0.2) is 11.6 Å². The fourth-order valence-electron chi connectivity index (χ4n) is 4.20. The molecule has 2 aliphatic carbocycles. The third-order valence-electron chi connectivity index (χ3n) is 6.01. The molecular formula is C29H36O6. The van der Waals surface area contributed by atoms with Crippen LogP contribution in [0.25, 0.3) is 0 Å². The quantitative estimate of drug-likeness (QED) is 0.164. The lowest BCUT2D eigenvalue weighted by Crippen LogP contribution is -2.36. The number of ether oxygens (including phenoxy) is 4. The van der Waals surface area contributed by atoms with Crippen molar-refractivity contribution in [3.8, 4) is 0 Å². The summed E-state index contributed by atoms with van der Waals surface area (Å²) in [7, 11) is 0. The number of hydrogen-bond acceptors (Lipinski definition) is 6. The van der Waals surface area contributed by atoms with Crippen molar-refractivity contribution in [2.24, 2.45) is 17.3 Å². The predicted octanol–water partition coefficient (Wildman–Crippen LogP) is 5.54. The Hall–Kier alpha value is -3.54. The van der Waals surface area contributed by atoms with Crippen molar-refractivity contribution in [3.63, 3.8) is 0 Å². The van der Waals surface area contributed by atoms with Gasteiger partial charge in [0.25, 0.3) is 0 Å². The highest BCUT2D eigenvalue weighted by Crippen LogP contribution is 2.44. The standard InChI is InChI=1S/C29H36O6/c1-7-11-21-25(34-19-17-32-9-3)15-13-23(27(21)30)29(5,6)24-14-16-26(35-20-18-33-10-4)22(12-8-2)28(24)31/h7-10,13-16,21-22H,1-4,11-12,17-20H2,5-6H3. The summed E-state index contributed by atoms with van der Waals surface area (Å²) in [4.78, 5) is 27.2. The molecule has 6 heteroatoms. The van der Waals surface area contributed by atoms with Gasteiger partial charge in [0.2, 0.25) is 0 Å². The van der Waals surface area contributed by atoms with Crippen LogP contribution in [0.4, 0.5) is 0 Å². The van der Waals surface area contributed by atoms with Crippen molar-refractivity contribution in [1.29, 1.82) is 0 Å². The van der Waals surface area contributed by atoms with Gasteiger partial charge < -0.3 is 18.9 Å². The number of hydrogen-bond donors (Lipinski definition) is 0. The minimum atomic E-state index is -0.824. The van der Waals surface area contributed by atoms with E-state index in [1.165, 1.54) is 12.5 Å². The Morgan fingerprint density at radius 1 is 0.714 bits per heavy atom. The lowest BCUT2D eigenvalue weighted by atomic mass is 9.67. The molecule has 6 nitrogen and oxygen atoms in total. The Bertz CT molecular complexity index is 884. The highest BCUT2D eigenvalue weighted by molar-refractivity contribution is 6.07. The van der Waals surface area contributed by atoms with Gasteiger partial charge >= 0.3 is 0 Å². The smallest absolute Gasteiger partial charge is 0.170 e. The van der Waals surface area contributed by atoms with E-state index in [0.717, 1.165) is 0 Å². The van der Waals surface area contributed by atoms with Crippen LogP contribution in [-0.4, -0.2) is 38.0 Å². The van der Waals surface area contributed by atoms with E-state index in [1.807, 2.05) is 13.8 Å². The van der Waals surface area contributed by atoms with Gasteiger partial charge in [-0.15, -0.1) is 13.2 Å². The number of ketones is 2. The van der Waals surface area contributed by atoms with Crippen molar-refractivity contribution in [3.05, 3.63) is 98.0 Å². The number of carbonyl (C=O) groups excluding carboxylic acids is 2. The topological polar surface area (TPSA) is 71.1 Å². The van der Waals surface area contributed by atoms with Crippen molar-refractivity contribution >= 4 is 11.6 Å². The molecule has 2 atom stereocenters. The first-order valence-corrected chi connectivity index (χ1v) is 11.7. The Morgan fingerprint density at radius 2 is 1.11 bits per heavy atom. The second kappa shape index (κ2) is 13.4. The molecule has 0 spiro atoms. The average molecular weight is 481 g/mol. The molecule has 0 aliphatic heterocycles. The maximum Gasteiger partial charge on any atom is 0.170 e. The van der Waals surface area contributed by atoms with Crippen LogP contribution in [0.1, 0.15) is 26.7 Å². The lowest BCUT2D eigenvalue weighted by molar-refractivity contribution is -0.121. The van der Waals surface area contributed by atoms with E-state index in [-0.39, 0.29) is 11.6 Å². The molecule has 0 aromatic heterocycles. The van der Waals surface area contributed by atoms with Crippen LogP contribution < -0.4 is 0 Å². The van der Waals surface area contributed by atoms with E-state index >= 15 is 0 Å². The number of carbonyl (C=O) groups is 2. The molecule has 0 fully saturated rings. The molecule has 0 aromatic rings. The molecule has 0 bridgehead atoms. The second-order valence-electron chi connectivity index (χ2n) is 8.58. The van der Waals surface area contributed by atoms with E-state index in [4.69, 9.17) is 18.9 Å². The average Bonchev–Trinajstić information content (AvgIpc) is 2.83. The van der Waals surface area contributed by atoms with Gasteiger partial charge in [-0.3, -0.25) is 9.59 Å². The van der Waals surface area contributed by atoms with E-state index < -0.39 is 17.3 Å². The monoisotopic (exact) mass is 480 g/mol. The maximum atomic E-state index is 13.6. The van der Waals surface area contributed by atoms with Gasteiger partial charge in [-0.05, 0) is 25.0 Å². The van der Waals surface area contributed by atoms with Crippen LogP contribution in [0.2, 0.25) is 0 Å². The summed E-state index contributed by atoms with van der Waals surface area (Å²) in [6, 6.07) is 0. The fraction of sp³-hybridized carbons (Fsp3) is 0.379. The van der Waals surface area contributed by atoms with Crippen molar-refractivity contribution in [1.82, 2.24) is 0 Å². The molecule has 0 amide bonds. The molecule has 0 N–H and O–H groups in total. The Kier molecular flexibility index (Phi) is 10.6. The summed E-state index contributed by atoms with van der Waals surface area (Å²) in [6.07, 6.45) is 14.1. The molecular weight excluding hydrogens is 444 g/mol. The molecule has 0 aromatic carbocycles. The largest absolute Gasteiger partial charge is 0.498 e. The van der Waals surface area contributed by atoms with Gasteiger partial charge in [0.05, 0.1) is 24.4 Å². The predicted molar refractivity (Wildman–Crippen MR) is 137 cm³/mol. The molecule has 0 saturated carbocycles. The number of allylic oxidation sites excluding steroid dienone is 10. The van der Waals surface area contributed by atoms with Gasteiger partial charge in [0, 0.05) is 16.6 Å². The molecule has 2 rings (SSSR count). The normalized spacial score (nSPS) is 19.9. The minimum Gasteiger partial charge on any atom is -0.498 e. The molecule has 35 heavy (non-hydrogen) atoms. The van der Waals surface area contributed by atoms with Crippen molar-refractivity contribution in [2.45, 2.75) is 26.7 Å². The zero-order valence-corrected chi connectivity index (χ0v) is 20.8. The first-order chi connectivity index (χ1) is 16.8. The third-order valence-corrected chi connectivity index (χ3v) is 6.01. The van der Waals surface area contributed by atoms with Gasteiger partial charge in [0.1, 0.15) is 37.9 Å². The van der Waals surface area contributed by atoms with Crippen molar-refractivity contribution in [2.75, 3.05) is 26.4 Å². The van der Waals surface area contributed by atoms with Crippen LogP contribution in [0.3, 0.4) is 0 Å². The molecule has 0 radical (unpaired) electrons. The summed E-state index contributed by atoms with van der Waals surface area (Å²) in [5.41, 5.74) is 0.274. The highest BCUT2D eigenvalue weighted by Gasteiger charge is 2.43. The van der Waals surface area contributed by atoms with Crippen molar-refractivity contribution < 1.29 is 28.5 Å². The zero-order valence-electron chi connectivity index (χ0n) is 20.8. The van der Waals surface area contributed by atoms with Gasteiger partial charge in [-0.2, -0.15) is 0 Å². The fourth-order valence-corrected chi connectivity index (χ4v) is 4.20. The van der Waals surface area contributed by atoms with Crippen LogP contribution in [-0.2, 0) is 28.5 Å². The summed E-state index contributed by atoms with van der Waals surface area (Å²) < 4.78 is 21.8. The Labute approximate surface area is 208 Å². The molecule has 2 unspecified atom stereocenters. The van der Waals surface area contributed by atoms with E-state index in [0.29, 0.717) is 61.9 Å². The van der Waals surface area contributed by atoms with Gasteiger partial charge in [-0.1, -0.05) is 51.3 Å². The molecule has 188 valence electrons. The summed E-state index contributed by atoms with van der Waals surface area (Å²) in [5.74, 6) is -0.0470. The number of Topliss-reactive ketones (excluding diaryl/α,β-unsaturated/α-hetero) is 2. The van der Waals surface area contributed by atoms with E-state index in [2.05, 4.69) is 26.3 Å². The maximum absolute atomic E-state index is 13.6.